The molecule has 0 aromatic rings. The minimum atomic E-state index is -0.369. The van der Waals surface area contributed by atoms with Crippen molar-refractivity contribution < 1.29 is 9.90 Å². The summed E-state index contributed by atoms with van der Waals surface area (Å²) in [6.45, 7) is 5.78. The van der Waals surface area contributed by atoms with Crippen LogP contribution in [0.2, 0.25) is 0 Å². The number of aliphatic hydroxyl groups excluding tert-OH is 1. The lowest BCUT2D eigenvalue weighted by atomic mass is 10.3. The number of carbonyl (C=O) groups is 1. The van der Waals surface area contributed by atoms with Gasteiger partial charge in [0, 0.05) is 32.7 Å². The van der Waals surface area contributed by atoms with Gasteiger partial charge in [0.2, 0.25) is 5.91 Å². The Morgan fingerprint density at radius 1 is 1.71 bits per heavy atom. The van der Waals surface area contributed by atoms with Crippen molar-refractivity contribution in [2.24, 2.45) is 0 Å². The fourth-order valence-corrected chi connectivity index (χ4v) is 1.56. The number of rotatable bonds is 3. The highest BCUT2D eigenvalue weighted by molar-refractivity contribution is 5.77. The minimum Gasteiger partial charge on any atom is -0.390 e. The molecule has 5 nitrogen and oxygen atoms in total. The largest absolute Gasteiger partial charge is 0.390 e. The van der Waals surface area contributed by atoms with Gasteiger partial charge in [-0.1, -0.05) is 0 Å². The first-order valence-electron chi connectivity index (χ1n) is 5.10. The molecule has 0 aliphatic carbocycles. The molecule has 0 radical (unpaired) electrons. The van der Waals surface area contributed by atoms with Crippen molar-refractivity contribution in [3.05, 3.63) is 0 Å². The predicted octanol–water partition coefficient (Wildman–Crippen LogP) is -1.61. The predicted molar refractivity (Wildman–Crippen MR) is 54.0 cm³/mol. The fraction of sp³-hybridized carbons (Fsp3) is 0.889. The van der Waals surface area contributed by atoms with Crippen molar-refractivity contribution in [3.8, 4) is 0 Å². The lowest BCUT2D eigenvalue weighted by Gasteiger charge is -2.20. The molecule has 14 heavy (non-hydrogen) atoms. The zero-order chi connectivity index (χ0) is 10.4. The SMILES string of the molecule is CCNC(=O)CN1CCNCC(O)C1. The maximum absolute atomic E-state index is 11.3. The van der Waals surface area contributed by atoms with Crippen LogP contribution in [0.4, 0.5) is 0 Å². The van der Waals surface area contributed by atoms with E-state index >= 15 is 0 Å². The van der Waals surface area contributed by atoms with E-state index in [0.717, 1.165) is 13.1 Å². The molecule has 0 aromatic carbocycles. The number of aliphatic hydroxyl groups is 1. The van der Waals surface area contributed by atoms with Crippen LogP contribution in [0.1, 0.15) is 6.92 Å². The monoisotopic (exact) mass is 201 g/mol. The van der Waals surface area contributed by atoms with Gasteiger partial charge in [-0.05, 0) is 6.92 Å². The number of likely N-dealkylation sites (N-methyl/N-ethyl adjacent to an activating group) is 1. The van der Waals surface area contributed by atoms with Crippen molar-refractivity contribution >= 4 is 5.91 Å². The van der Waals surface area contributed by atoms with E-state index in [1.165, 1.54) is 0 Å². The molecule has 1 fully saturated rings. The first-order chi connectivity index (χ1) is 6.72. The summed E-state index contributed by atoms with van der Waals surface area (Å²) in [6, 6.07) is 0. The topological polar surface area (TPSA) is 64.6 Å². The van der Waals surface area contributed by atoms with E-state index in [0.29, 0.717) is 26.2 Å². The van der Waals surface area contributed by atoms with Gasteiger partial charge in [-0.15, -0.1) is 0 Å². The standard InChI is InChI=1S/C9H19N3O2/c1-2-11-9(14)7-12-4-3-10-5-8(13)6-12/h8,10,13H,2-7H2,1H3,(H,11,14). The summed E-state index contributed by atoms with van der Waals surface area (Å²) in [5.41, 5.74) is 0. The summed E-state index contributed by atoms with van der Waals surface area (Å²) in [7, 11) is 0. The fourth-order valence-electron chi connectivity index (χ4n) is 1.56. The molecule has 1 rings (SSSR count). The normalized spacial score (nSPS) is 24.3. The van der Waals surface area contributed by atoms with Gasteiger partial charge in [0.25, 0.3) is 0 Å². The Bertz CT molecular complexity index is 187. The summed E-state index contributed by atoms with van der Waals surface area (Å²) >= 11 is 0. The number of nitrogens with zero attached hydrogens (tertiary/aromatic N) is 1. The van der Waals surface area contributed by atoms with E-state index in [9.17, 15) is 9.90 Å². The van der Waals surface area contributed by atoms with Crippen LogP contribution in [0.25, 0.3) is 0 Å². The molecule has 82 valence electrons. The lowest BCUT2D eigenvalue weighted by Crippen LogP contribution is -2.40. The molecule has 0 aromatic heterocycles. The maximum Gasteiger partial charge on any atom is 0.234 e. The number of hydrogen-bond donors (Lipinski definition) is 3. The quantitative estimate of drug-likeness (QED) is 0.514. The lowest BCUT2D eigenvalue weighted by molar-refractivity contribution is -0.122. The van der Waals surface area contributed by atoms with Gasteiger partial charge in [-0.2, -0.15) is 0 Å². The molecule has 0 bridgehead atoms. The van der Waals surface area contributed by atoms with E-state index in [-0.39, 0.29) is 12.0 Å². The van der Waals surface area contributed by atoms with Gasteiger partial charge in [-0.25, -0.2) is 0 Å². The average Bonchev–Trinajstić information content (AvgIpc) is 2.30. The summed E-state index contributed by atoms with van der Waals surface area (Å²) in [6.07, 6.45) is -0.369. The molecule has 3 N–H and O–H groups in total. The molecular weight excluding hydrogens is 182 g/mol. The van der Waals surface area contributed by atoms with Gasteiger partial charge in [0.1, 0.15) is 0 Å². The van der Waals surface area contributed by atoms with E-state index in [2.05, 4.69) is 10.6 Å². The second kappa shape index (κ2) is 5.95. The molecule has 1 unspecified atom stereocenters. The molecule has 1 aliphatic heterocycles. The van der Waals surface area contributed by atoms with Gasteiger partial charge < -0.3 is 15.7 Å². The van der Waals surface area contributed by atoms with E-state index in [4.69, 9.17) is 0 Å². The van der Waals surface area contributed by atoms with Gasteiger partial charge >= 0.3 is 0 Å². The van der Waals surface area contributed by atoms with E-state index < -0.39 is 0 Å². The third-order valence-electron chi connectivity index (χ3n) is 2.19. The van der Waals surface area contributed by atoms with Crippen LogP contribution in [-0.4, -0.2) is 61.3 Å². The van der Waals surface area contributed by atoms with Crippen LogP contribution < -0.4 is 10.6 Å². The van der Waals surface area contributed by atoms with Crippen molar-refractivity contribution in [2.45, 2.75) is 13.0 Å². The second-order valence-corrected chi connectivity index (χ2v) is 3.55. The Hall–Kier alpha value is -0.650. The Labute approximate surface area is 84.5 Å². The van der Waals surface area contributed by atoms with Crippen molar-refractivity contribution in [1.29, 1.82) is 0 Å². The number of amides is 1. The summed E-state index contributed by atoms with van der Waals surface area (Å²) in [5, 5.41) is 15.3. The van der Waals surface area contributed by atoms with Crippen molar-refractivity contribution in [2.75, 3.05) is 39.3 Å². The third-order valence-corrected chi connectivity index (χ3v) is 2.19. The summed E-state index contributed by atoms with van der Waals surface area (Å²) in [5.74, 6) is 0.0293. The molecule has 1 heterocycles. The van der Waals surface area contributed by atoms with Crippen LogP contribution >= 0.6 is 0 Å². The Morgan fingerprint density at radius 2 is 2.50 bits per heavy atom. The van der Waals surface area contributed by atoms with Crippen LogP contribution in [0.3, 0.4) is 0 Å². The maximum atomic E-state index is 11.3. The molecule has 1 amide bonds. The molecule has 5 heteroatoms. The van der Waals surface area contributed by atoms with Gasteiger partial charge in [-0.3, -0.25) is 9.69 Å². The Kier molecular flexibility index (Phi) is 4.86. The Balaban J connectivity index is 2.31. The second-order valence-electron chi connectivity index (χ2n) is 3.55. The van der Waals surface area contributed by atoms with E-state index in [1.54, 1.807) is 0 Å². The molecule has 0 spiro atoms. The van der Waals surface area contributed by atoms with Crippen LogP contribution in [0.15, 0.2) is 0 Å². The number of carbonyl (C=O) groups excluding carboxylic acids is 1. The molecular formula is C9H19N3O2. The highest BCUT2D eigenvalue weighted by Gasteiger charge is 2.17. The molecule has 0 saturated carbocycles. The summed E-state index contributed by atoms with van der Waals surface area (Å²) < 4.78 is 0. The number of hydrogen-bond acceptors (Lipinski definition) is 4. The molecule has 1 atom stereocenters. The van der Waals surface area contributed by atoms with Crippen LogP contribution in [0, 0.1) is 0 Å². The first-order valence-corrected chi connectivity index (χ1v) is 5.10. The smallest absolute Gasteiger partial charge is 0.234 e. The van der Waals surface area contributed by atoms with E-state index in [1.807, 2.05) is 11.8 Å². The number of β-amino-alcohol motifs (C(OH)–C–C–N with tert-alkyl or cyclic N) is 1. The average molecular weight is 201 g/mol. The highest BCUT2D eigenvalue weighted by atomic mass is 16.3. The summed E-state index contributed by atoms with van der Waals surface area (Å²) in [4.78, 5) is 13.2. The van der Waals surface area contributed by atoms with Crippen LogP contribution in [-0.2, 0) is 4.79 Å². The zero-order valence-electron chi connectivity index (χ0n) is 8.62. The van der Waals surface area contributed by atoms with Crippen LogP contribution in [0.5, 0.6) is 0 Å². The van der Waals surface area contributed by atoms with Crippen molar-refractivity contribution in [3.63, 3.8) is 0 Å². The molecule has 1 aliphatic rings. The third kappa shape index (κ3) is 4.04. The van der Waals surface area contributed by atoms with Gasteiger partial charge in [0.05, 0.1) is 12.6 Å². The van der Waals surface area contributed by atoms with Gasteiger partial charge in [0.15, 0.2) is 0 Å². The Morgan fingerprint density at radius 3 is 3.21 bits per heavy atom. The minimum absolute atomic E-state index is 0.0293. The highest BCUT2D eigenvalue weighted by Crippen LogP contribution is 1.95. The molecule has 1 saturated heterocycles. The van der Waals surface area contributed by atoms with Crippen molar-refractivity contribution in [1.82, 2.24) is 15.5 Å². The number of nitrogens with one attached hydrogen (secondary N) is 2. The first kappa shape index (κ1) is 11.4. The zero-order valence-corrected chi connectivity index (χ0v) is 8.62.